The average molecular weight is 460 g/mol. The Hall–Kier alpha value is -2.66. The summed E-state index contributed by atoms with van der Waals surface area (Å²) in [5.74, 6) is -0.162. The summed E-state index contributed by atoms with van der Waals surface area (Å²) in [6, 6.07) is 3.51. The molecular formula is C22H33BN4O6. The Balaban J connectivity index is 1.97. The molecule has 0 aliphatic carbocycles. The van der Waals surface area contributed by atoms with Crippen LogP contribution in [0, 0.1) is 0 Å². The van der Waals surface area contributed by atoms with E-state index in [1.807, 2.05) is 27.7 Å². The number of pyridine rings is 1. The summed E-state index contributed by atoms with van der Waals surface area (Å²) in [5.41, 5.74) is -1.52. The summed E-state index contributed by atoms with van der Waals surface area (Å²) in [5, 5.41) is 4.34. The van der Waals surface area contributed by atoms with Crippen LogP contribution in [-0.2, 0) is 18.8 Å². The van der Waals surface area contributed by atoms with Gasteiger partial charge in [-0.2, -0.15) is 4.98 Å². The maximum Gasteiger partial charge on any atom is 0.496 e. The molecule has 2 amide bonds. The minimum Gasteiger partial charge on any atom is -0.443 e. The molecule has 0 N–H and O–H groups in total. The van der Waals surface area contributed by atoms with E-state index in [0.717, 1.165) is 5.46 Å². The van der Waals surface area contributed by atoms with E-state index in [9.17, 15) is 9.59 Å². The zero-order chi connectivity index (χ0) is 25.0. The van der Waals surface area contributed by atoms with Crippen molar-refractivity contribution < 1.29 is 28.4 Å². The van der Waals surface area contributed by atoms with Crippen molar-refractivity contribution in [3.8, 4) is 0 Å². The third kappa shape index (κ3) is 5.47. The fraction of sp³-hybridized carbons (Fsp3) is 0.636. The Morgan fingerprint density at radius 1 is 0.939 bits per heavy atom. The van der Waals surface area contributed by atoms with Crippen molar-refractivity contribution in [2.24, 2.45) is 0 Å². The highest BCUT2D eigenvalue weighted by atomic mass is 16.7. The quantitative estimate of drug-likeness (QED) is 0.625. The van der Waals surface area contributed by atoms with Crippen LogP contribution < -0.4 is 10.4 Å². The monoisotopic (exact) mass is 460 g/mol. The van der Waals surface area contributed by atoms with E-state index in [1.165, 1.54) is 4.52 Å². The minimum atomic E-state index is -0.932. The second-order valence-corrected chi connectivity index (χ2v) is 11.1. The van der Waals surface area contributed by atoms with Gasteiger partial charge < -0.3 is 18.8 Å². The molecule has 0 unspecified atom stereocenters. The molecule has 0 bridgehead atoms. The maximum atomic E-state index is 12.9. The molecule has 1 aliphatic rings. The summed E-state index contributed by atoms with van der Waals surface area (Å²) in [6.45, 7) is 18.1. The van der Waals surface area contributed by atoms with Gasteiger partial charge in [0.15, 0.2) is 5.65 Å². The lowest BCUT2D eigenvalue weighted by Gasteiger charge is -2.32. The first kappa shape index (κ1) is 25.0. The first-order chi connectivity index (χ1) is 14.9. The molecule has 3 rings (SSSR count). The molecular weight excluding hydrogens is 427 g/mol. The Labute approximate surface area is 194 Å². The molecule has 0 saturated carbocycles. The predicted octanol–water partition coefficient (Wildman–Crippen LogP) is 3.71. The number of hydrogen-bond donors (Lipinski definition) is 0. The van der Waals surface area contributed by atoms with Crippen molar-refractivity contribution in [2.45, 2.75) is 91.6 Å². The van der Waals surface area contributed by atoms with Crippen molar-refractivity contribution in [3.63, 3.8) is 0 Å². The molecule has 0 aromatic carbocycles. The fourth-order valence-corrected chi connectivity index (χ4v) is 2.95. The van der Waals surface area contributed by atoms with Crippen molar-refractivity contribution in [3.05, 3.63) is 18.3 Å². The molecule has 1 saturated heterocycles. The van der Waals surface area contributed by atoms with Gasteiger partial charge in [-0.1, -0.05) is 6.07 Å². The number of carbonyl (C=O) groups excluding carboxylic acids is 2. The van der Waals surface area contributed by atoms with Gasteiger partial charge in [0.25, 0.3) is 5.95 Å². The molecule has 10 nitrogen and oxygen atoms in total. The molecule has 1 aliphatic heterocycles. The van der Waals surface area contributed by atoms with Gasteiger partial charge >= 0.3 is 19.3 Å². The molecule has 2 aromatic heterocycles. The number of carbonyl (C=O) groups is 2. The van der Waals surface area contributed by atoms with Crippen LogP contribution in [0.3, 0.4) is 0 Å². The lowest BCUT2D eigenvalue weighted by Crippen LogP contribution is -2.44. The van der Waals surface area contributed by atoms with Gasteiger partial charge in [0.1, 0.15) is 11.2 Å². The second-order valence-electron chi connectivity index (χ2n) is 11.1. The van der Waals surface area contributed by atoms with Crippen LogP contribution in [0.25, 0.3) is 5.65 Å². The van der Waals surface area contributed by atoms with Crippen molar-refractivity contribution in [1.82, 2.24) is 14.6 Å². The topological polar surface area (TPSA) is 104 Å². The Morgan fingerprint density at radius 2 is 1.42 bits per heavy atom. The summed E-state index contributed by atoms with van der Waals surface area (Å²) >= 11 is 0. The number of ether oxygens (including phenoxy) is 2. The SMILES string of the molecule is CC(C)(C)OC(=O)N(C(=O)OC(C)(C)C)c1nc2ccc(B3OC(C)(C)C(C)(C)O3)cn2n1. The van der Waals surface area contributed by atoms with Gasteiger partial charge in [-0.05, 0) is 75.3 Å². The van der Waals surface area contributed by atoms with E-state index in [2.05, 4.69) is 10.1 Å². The van der Waals surface area contributed by atoms with Gasteiger partial charge in [-0.25, -0.2) is 14.1 Å². The van der Waals surface area contributed by atoms with Gasteiger partial charge in [0.2, 0.25) is 0 Å². The largest absolute Gasteiger partial charge is 0.496 e. The van der Waals surface area contributed by atoms with Crippen molar-refractivity contribution >= 4 is 36.4 Å². The highest BCUT2D eigenvalue weighted by Crippen LogP contribution is 2.36. The van der Waals surface area contributed by atoms with E-state index in [0.29, 0.717) is 10.5 Å². The molecule has 0 atom stereocenters. The number of aromatic nitrogens is 3. The highest BCUT2D eigenvalue weighted by Gasteiger charge is 2.51. The number of nitrogens with zero attached hydrogens (tertiary/aromatic N) is 4. The van der Waals surface area contributed by atoms with Crippen LogP contribution in [0.4, 0.5) is 15.5 Å². The first-order valence-corrected chi connectivity index (χ1v) is 10.9. The minimum absolute atomic E-state index is 0.162. The smallest absolute Gasteiger partial charge is 0.443 e. The van der Waals surface area contributed by atoms with Gasteiger partial charge in [0, 0.05) is 11.7 Å². The summed E-state index contributed by atoms with van der Waals surface area (Å²) in [6.07, 6.45) is -0.172. The number of rotatable bonds is 2. The molecule has 33 heavy (non-hydrogen) atoms. The molecule has 11 heteroatoms. The van der Waals surface area contributed by atoms with Gasteiger partial charge in [0.05, 0.1) is 11.2 Å². The Bertz CT molecular complexity index is 1020. The zero-order valence-electron chi connectivity index (χ0n) is 21.0. The second kappa shape index (κ2) is 7.98. The van der Waals surface area contributed by atoms with Gasteiger partial charge in [-0.15, -0.1) is 10.00 Å². The zero-order valence-corrected chi connectivity index (χ0v) is 21.0. The van der Waals surface area contributed by atoms with E-state index in [4.69, 9.17) is 18.8 Å². The lowest BCUT2D eigenvalue weighted by molar-refractivity contribution is 0.00578. The Morgan fingerprint density at radius 3 is 1.88 bits per heavy atom. The van der Waals surface area contributed by atoms with Crippen LogP contribution >= 0.6 is 0 Å². The number of imide groups is 1. The number of hydrogen-bond acceptors (Lipinski definition) is 8. The average Bonchev–Trinajstić information content (AvgIpc) is 3.08. The predicted molar refractivity (Wildman–Crippen MR) is 124 cm³/mol. The van der Waals surface area contributed by atoms with E-state index in [-0.39, 0.29) is 5.95 Å². The van der Waals surface area contributed by atoms with Gasteiger partial charge in [-0.3, -0.25) is 0 Å². The molecule has 180 valence electrons. The van der Waals surface area contributed by atoms with Crippen LogP contribution in [0.2, 0.25) is 0 Å². The maximum absolute atomic E-state index is 12.9. The van der Waals surface area contributed by atoms with Crippen LogP contribution in [0.1, 0.15) is 69.2 Å². The number of anilines is 1. The molecule has 0 radical (unpaired) electrons. The fourth-order valence-electron chi connectivity index (χ4n) is 2.95. The third-order valence-electron chi connectivity index (χ3n) is 5.22. The Kier molecular flexibility index (Phi) is 6.04. The first-order valence-electron chi connectivity index (χ1n) is 10.9. The molecule has 3 heterocycles. The number of amides is 2. The molecule has 2 aromatic rings. The molecule has 1 fully saturated rings. The summed E-state index contributed by atoms with van der Waals surface area (Å²) in [4.78, 5) is 30.7. The van der Waals surface area contributed by atoms with E-state index in [1.54, 1.807) is 59.9 Å². The summed E-state index contributed by atoms with van der Waals surface area (Å²) in [7, 11) is -0.597. The third-order valence-corrected chi connectivity index (χ3v) is 5.22. The highest BCUT2D eigenvalue weighted by molar-refractivity contribution is 6.62. The van der Waals surface area contributed by atoms with E-state index < -0.39 is 41.7 Å². The van der Waals surface area contributed by atoms with Crippen molar-refractivity contribution in [1.29, 1.82) is 0 Å². The normalized spacial score (nSPS) is 17.8. The number of fused-ring (bicyclic) bond motifs is 1. The van der Waals surface area contributed by atoms with Crippen LogP contribution in [0.15, 0.2) is 18.3 Å². The lowest BCUT2D eigenvalue weighted by atomic mass is 9.80. The van der Waals surface area contributed by atoms with Crippen LogP contribution in [-0.4, -0.2) is 56.3 Å². The van der Waals surface area contributed by atoms with E-state index >= 15 is 0 Å². The van der Waals surface area contributed by atoms with Crippen LogP contribution in [0.5, 0.6) is 0 Å². The molecule has 0 spiro atoms. The summed E-state index contributed by atoms with van der Waals surface area (Å²) < 4.78 is 24.4. The van der Waals surface area contributed by atoms with Crippen molar-refractivity contribution in [2.75, 3.05) is 4.90 Å². The standard InChI is InChI=1S/C22H33BN4O6/c1-19(2,3)30-17(28)27(18(29)31-20(4,5)6)16-24-15-12-11-14(13-26(15)25-16)23-32-21(7,8)22(9,10)33-23/h11-13H,1-10H3.